The van der Waals surface area contributed by atoms with Crippen LogP contribution in [-0.2, 0) is 20.0 Å². The summed E-state index contributed by atoms with van der Waals surface area (Å²) >= 11 is 5.96. The van der Waals surface area contributed by atoms with Crippen LogP contribution in [0.5, 0.6) is 0 Å². The summed E-state index contributed by atoms with van der Waals surface area (Å²) in [5.74, 6) is 0. The van der Waals surface area contributed by atoms with Crippen LogP contribution in [0.4, 0.5) is 9.59 Å². The lowest BCUT2D eigenvalue weighted by Crippen LogP contribution is -2.39. The molecule has 0 fully saturated rings. The number of halogens is 2. The Kier molecular flexibility index (Phi) is 9.60. The fourth-order valence-electron chi connectivity index (χ4n) is 2.31. The van der Waals surface area contributed by atoms with E-state index in [-0.39, 0.29) is 32.6 Å². The lowest BCUT2D eigenvalue weighted by Gasteiger charge is -2.08. The Morgan fingerprint density at radius 3 is 1.38 bits per heavy atom. The van der Waals surface area contributed by atoms with Gasteiger partial charge < -0.3 is 19.5 Å². The lowest BCUT2D eigenvalue weighted by atomic mass is 10.2. The Hall–Kier alpha value is -2.04. The fourth-order valence-corrected chi connectivity index (χ4v) is 4.86. The monoisotopic (exact) mass is 618 g/mol. The average molecular weight is 620 g/mol. The van der Waals surface area contributed by atoms with Crippen molar-refractivity contribution < 1.29 is 35.3 Å². The SMILES string of the molecule is O=C(NCCCCCCNC(=O)NS(=O)(=O)c1ccc(Br)o1)NS(=O)(=O)c1ccc(Br)o1. The van der Waals surface area contributed by atoms with Crippen LogP contribution in [0.2, 0.25) is 0 Å². The number of urea groups is 2. The van der Waals surface area contributed by atoms with E-state index in [4.69, 9.17) is 8.83 Å². The number of unbranched alkanes of at least 4 members (excludes halogenated alkanes) is 3. The fraction of sp³-hybridized carbons (Fsp3) is 0.375. The van der Waals surface area contributed by atoms with Crippen molar-refractivity contribution in [1.29, 1.82) is 0 Å². The molecule has 0 bridgehead atoms. The summed E-state index contributed by atoms with van der Waals surface area (Å²) in [6, 6.07) is 3.45. The number of amides is 4. The summed E-state index contributed by atoms with van der Waals surface area (Å²) in [7, 11) is -8.17. The number of hydrogen-bond donors (Lipinski definition) is 4. The molecule has 0 atom stereocenters. The molecule has 12 nitrogen and oxygen atoms in total. The zero-order valence-corrected chi connectivity index (χ0v) is 21.2. The Morgan fingerprint density at radius 2 is 1.06 bits per heavy atom. The van der Waals surface area contributed by atoms with E-state index in [1.807, 2.05) is 9.44 Å². The maximum Gasteiger partial charge on any atom is 0.328 e. The van der Waals surface area contributed by atoms with Crippen molar-refractivity contribution >= 4 is 64.0 Å². The van der Waals surface area contributed by atoms with Gasteiger partial charge in [-0.2, -0.15) is 16.8 Å². The Morgan fingerprint density at radius 1 is 0.688 bits per heavy atom. The van der Waals surface area contributed by atoms with Gasteiger partial charge in [0, 0.05) is 13.1 Å². The second-order valence-corrected chi connectivity index (χ2v) is 11.0. The summed E-state index contributed by atoms with van der Waals surface area (Å²) < 4.78 is 61.6. The van der Waals surface area contributed by atoms with E-state index in [0.29, 0.717) is 25.7 Å². The predicted molar refractivity (Wildman–Crippen MR) is 119 cm³/mol. The van der Waals surface area contributed by atoms with Crippen LogP contribution >= 0.6 is 31.9 Å². The molecule has 0 aromatic carbocycles. The summed E-state index contributed by atoms with van der Waals surface area (Å²) in [4.78, 5) is 23.4. The van der Waals surface area contributed by atoms with Gasteiger partial charge in [0.15, 0.2) is 9.34 Å². The predicted octanol–water partition coefficient (Wildman–Crippen LogP) is 2.63. The first-order chi connectivity index (χ1) is 15.0. The van der Waals surface area contributed by atoms with Crippen LogP contribution in [0.15, 0.2) is 52.6 Å². The molecule has 2 aromatic rings. The Bertz CT molecular complexity index is 1050. The van der Waals surface area contributed by atoms with Crippen LogP contribution in [0.25, 0.3) is 0 Å². The molecule has 0 unspecified atom stereocenters. The number of rotatable bonds is 11. The number of carbonyl (C=O) groups excluding carboxylic acids is 2. The minimum Gasteiger partial charge on any atom is -0.436 e. The second kappa shape index (κ2) is 11.7. The van der Waals surface area contributed by atoms with Gasteiger partial charge in [-0.05, 0) is 69.0 Å². The summed E-state index contributed by atoms with van der Waals surface area (Å²) in [6.07, 6.45) is 2.54. The number of hydrogen-bond acceptors (Lipinski definition) is 8. The third kappa shape index (κ3) is 8.48. The lowest BCUT2D eigenvalue weighted by molar-refractivity contribution is 0.244. The molecule has 0 saturated heterocycles. The van der Waals surface area contributed by atoms with Gasteiger partial charge in [-0.3, -0.25) is 0 Å². The van der Waals surface area contributed by atoms with E-state index in [0.717, 1.165) is 0 Å². The highest BCUT2D eigenvalue weighted by molar-refractivity contribution is 9.10. The highest BCUT2D eigenvalue weighted by atomic mass is 79.9. The van der Waals surface area contributed by atoms with E-state index >= 15 is 0 Å². The van der Waals surface area contributed by atoms with Gasteiger partial charge in [-0.15, -0.1) is 0 Å². The van der Waals surface area contributed by atoms with E-state index < -0.39 is 32.1 Å². The minimum absolute atomic E-state index is 0.220. The maximum atomic E-state index is 11.9. The average Bonchev–Trinajstić information content (AvgIpc) is 3.32. The van der Waals surface area contributed by atoms with Crippen LogP contribution in [0.1, 0.15) is 25.7 Å². The molecule has 2 aromatic heterocycles. The molecule has 2 heterocycles. The molecule has 4 N–H and O–H groups in total. The summed E-state index contributed by atoms with van der Waals surface area (Å²) in [5, 5.41) is 4.08. The van der Waals surface area contributed by atoms with Gasteiger partial charge in [0.05, 0.1) is 0 Å². The smallest absolute Gasteiger partial charge is 0.328 e. The Balaban J connectivity index is 1.55. The topological polar surface area (TPSA) is 177 Å². The first kappa shape index (κ1) is 26.2. The van der Waals surface area contributed by atoms with Crippen molar-refractivity contribution in [3.63, 3.8) is 0 Å². The van der Waals surface area contributed by atoms with Crippen LogP contribution in [-0.4, -0.2) is 42.0 Å². The molecule has 178 valence electrons. The zero-order chi connectivity index (χ0) is 23.8. The van der Waals surface area contributed by atoms with Gasteiger partial charge in [0.2, 0.25) is 10.2 Å². The van der Waals surface area contributed by atoms with Crippen LogP contribution in [0.3, 0.4) is 0 Å². The highest BCUT2D eigenvalue weighted by Crippen LogP contribution is 2.18. The third-order valence-corrected chi connectivity index (χ3v) is 7.01. The largest absolute Gasteiger partial charge is 0.436 e. The molecule has 16 heteroatoms. The molecule has 0 aliphatic rings. The molecule has 4 amide bonds. The van der Waals surface area contributed by atoms with Gasteiger partial charge in [-0.1, -0.05) is 12.8 Å². The normalized spacial score (nSPS) is 11.7. The van der Waals surface area contributed by atoms with Crippen molar-refractivity contribution in [2.24, 2.45) is 0 Å². The number of furan rings is 2. The molecular weight excluding hydrogens is 600 g/mol. The standard InChI is InChI=1S/C16H20Br2N4O8S2/c17-11-5-7-13(29-11)31(25,26)21-15(23)19-9-3-1-2-4-10-20-16(24)22-32(27,28)14-8-6-12(18)30-14/h5-8H,1-4,9-10H2,(H2,19,21,23)(H2,20,22,24). The van der Waals surface area contributed by atoms with Crippen molar-refractivity contribution in [3.05, 3.63) is 33.6 Å². The van der Waals surface area contributed by atoms with Gasteiger partial charge in [0.25, 0.3) is 20.0 Å². The van der Waals surface area contributed by atoms with Gasteiger partial charge in [-0.25, -0.2) is 19.0 Å². The van der Waals surface area contributed by atoms with E-state index in [1.54, 1.807) is 0 Å². The van der Waals surface area contributed by atoms with Crippen LogP contribution < -0.4 is 20.1 Å². The minimum atomic E-state index is -4.09. The number of carbonyl (C=O) groups is 2. The summed E-state index contributed by atoms with van der Waals surface area (Å²) in [5.41, 5.74) is 0. The summed E-state index contributed by atoms with van der Waals surface area (Å²) in [6.45, 7) is 0.488. The van der Waals surface area contributed by atoms with Gasteiger partial charge >= 0.3 is 12.1 Å². The third-order valence-electron chi connectivity index (χ3n) is 3.76. The molecule has 0 radical (unpaired) electrons. The molecule has 0 aliphatic carbocycles. The quantitative estimate of drug-likeness (QED) is 0.277. The maximum absolute atomic E-state index is 11.9. The molecule has 0 aliphatic heterocycles. The van der Waals surface area contributed by atoms with Crippen molar-refractivity contribution in [2.75, 3.05) is 13.1 Å². The second-order valence-electron chi connectivity index (χ2n) is 6.25. The number of sulfonamides is 2. The first-order valence-corrected chi connectivity index (χ1v) is 13.7. The van der Waals surface area contributed by atoms with E-state index in [9.17, 15) is 26.4 Å². The molecular formula is C16H20Br2N4O8S2. The first-order valence-electron chi connectivity index (χ1n) is 9.11. The highest BCUT2D eigenvalue weighted by Gasteiger charge is 2.22. The molecule has 0 spiro atoms. The molecule has 2 rings (SSSR count). The van der Waals surface area contributed by atoms with E-state index in [2.05, 4.69) is 42.5 Å². The molecule has 32 heavy (non-hydrogen) atoms. The van der Waals surface area contributed by atoms with Crippen molar-refractivity contribution in [2.45, 2.75) is 35.9 Å². The van der Waals surface area contributed by atoms with Crippen molar-refractivity contribution in [1.82, 2.24) is 20.1 Å². The molecule has 0 saturated carbocycles. The zero-order valence-electron chi connectivity index (χ0n) is 16.4. The van der Waals surface area contributed by atoms with E-state index in [1.165, 1.54) is 24.3 Å². The van der Waals surface area contributed by atoms with Crippen LogP contribution in [0, 0.1) is 0 Å². The Labute approximate surface area is 201 Å². The number of nitrogens with one attached hydrogen (secondary N) is 4. The van der Waals surface area contributed by atoms with Crippen molar-refractivity contribution in [3.8, 4) is 0 Å². The van der Waals surface area contributed by atoms with Gasteiger partial charge in [0.1, 0.15) is 0 Å².